The number of nitrogens with zero attached hydrogens (tertiary/aromatic N) is 1. The van der Waals surface area contributed by atoms with Gasteiger partial charge in [-0.05, 0) is 31.2 Å². The molecular formula is C16H17N3O4. The molecule has 0 unspecified atom stereocenters. The third-order valence-electron chi connectivity index (χ3n) is 2.92. The summed E-state index contributed by atoms with van der Waals surface area (Å²) in [7, 11) is 0. The topological polar surface area (TPSA) is 94.4 Å². The van der Waals surface area contributed by atoms with E-state index in [9.17, 15) is 14.8 Å². The van der Waals surface area contributed by atoms with Crippen molar-refractivity contribution in [2.75, 3.05) is 18.5 Å². The molecule has 1 aromatic heterocycles. The Morgan fingerprint density at radius 2 is 1.78 bits per heavy atom. The molecule has 7 nitrogen and oxygen atoms in total. The Balaban J connectivity index is 1.90. The van der Waals surface area contributed by atoms with Crippen molar-refractivity contribution in [1.82, 2.24) is 5.32 Å². The third kappa shape index (κ3) is 4.99. The molecule has 0 saturated carbocycles. The minimum atomic E-state index is -0.318. The lowest BCUT2D eigenvalue weighted by molar-refractivity contribution is -0.605. The number of carbonyl (C=O) groups is 2. The number of rotatable bonds is 6. The van der Waals surface area contributed by atoms with Gasteiger partial charge in [-0.2, -0.15) is 4.73 Å². The number of ether oxygens (including phenoxy) is 1. The molecule has 0 fully saturated rings. The Morgan fingerprint density at radius 3 is 2.39 bits per heavy atom. The fraction of sp³-hybridized carbons (Fsp3) is 0.188. The first kappa shape index (κ1) is 16.3. The molecule has 0 aliphatic rings. The number of benzene rings is 1. The second-order valence-corrected chi connectivity index (χ2v) is 4.67. The molecule has 1 heterocycles. The van der Waals surface area contributed by atoms with Crippen molar-refractivity contribution in [3.8, 4) is 5.75 Å². The number of hydrogen-bond acceptors (Lipinski definition) is 4. The predicted octanol–water partition coefficient (Wildman–Crippen LogP) is 1.09. The Hall–Kier alpha value is -3.09. The van der Waals surface area contributed by atoms with Crippen molar-refractivity contribution in [3.63, 3.8) is 0 Å². The first-order valence-electron chi connectivity index (χ1n) is 7.08. The predicted molar refractivity (Wildman–Crippen MR) is 84.0 cm³/mol. The molecule has 23 heavy (non-hydrogen) atoms. The molecule has 2 aromatic rings. The van der Waals surface area contributed by atoms with Gasteiger partial charge in [-0.1, -0.05) is 0 Å². The van der Waals surface area contributed by atoms with E-state index in [-0.39, 0.29) is 18.4 Å². The summed E-state index contributed by atoms with van der Waals surface area (Å²) in [5.74, 6) is 0.0209. The number of amides is 2. The lowest BCUT2D eigenvalue weighted by atomic mass is 10.2. The average Bonchev–Trinajstić information content (AvgIpc) is 2.55. The minimum Gasteiger partial charge on any atom is -0.619 e. The highest BCUT2D eigenvalue weighted by Gasteiger charge is 2.07. The van der Waals surface area contributed by atoms with Crippen LogP contribution >= 0.6 is 0 Å². The third-order valence-corrected chi connectivity index (χ3v) is 2.92. The maximum absolute atomic E-state index is 12.0. The Labute approximate surface area is 133 Å². The van der Waals surface area contributed by atoms with Crippen LogP contribution in [0.25, 0.3) is 0 Å². The lowest BCUT2D eigenvalue weighted by Gasteiger charge is -2.08. The number of hydrogen-bond donors (Lipinski definition) is 2. The molecule has 0 aliphatic carbocycles. The van der Waals surface area contributed by atoms with Gasteiger partial charge in [0.25, 0.3) is 11.8 Å². The van der Waals surface area contributed by atoms with E-state index in [1.54, 1.807) is 24.3 Å². The minimum absolute atomic E-state index is 0.0568. The lowest BCUT2D eigenvalue weighted by Crippen LogP contribution is -2.28. The maximum atomic E-state index is 12.0. The molecule has 0 spiro atoms. The molecule has 0 aliphatic heterocycles. The van der Waals surface area contributed by atoms with E-state index in [2.05, 4.69) is 10.6 Å². The van der Waals surface area contributed by atoms with Crippen LogP contribution in [0.4, 0.5) is 5.69 Å². The van der Waals surface area contributed by atoms with Crippen LogP contribution in [0.3, 0.4) is 0 Å². The number of aromatic nitrogens is 1. The standard InChI is InChI=1S/C16H17N3O4/c1-2-17-15(20)11-23-14-5-3-13(4-6-14)18-16(21)12-7-9-19(22)10-8-12/h3-10H,2,11H2,1H3,(H,17,20)(H,18,21). The quantitative estimate of drug-likeness (QED) is 0.616. The molecule has 2 amide bonds. The van der Waals surface area contributed by atoms with Gasteiger partial charge in [0, 0.05) is 24.4 Å². The summed E-state index contributed by atoms with van der Waals surface area (Å²) < 4.78 is 5.92. The van der Waals surface area contributed by atoms with E-state index in [1.165, 1.54) is 24.5 Å². The molecule has 0 atom stereocenters. The highest BCUT2D eigenvalue weighted by Crippen LogP contribution is 2.16. The van der Waals surface area contributed by atoms with Gasteiger partial charge in [-0.15, -0.1) is 0 Å². The van der Waals surface area contributed by atoms with Crippen molar-refractivity contribution < 1.29 is 19.1 Å². The molecule has 0 bridgehead atoms. The molecule has 2 rings (SSSR count). The van der Waals surface area contributed by atoms with Crippen molar-refractivity contribution in [2.45, 2.75) is 6.92 Å². The maximum Gasteiger partial charge on any atom is 0.257 e. The second-order valence-electron chi connectivity index (χ2n) is 4.67. The van der Waals surface area contributed by atoms with Crippen molar-refractivity contribution in [2.24, 2.45) is 0 Å². The molecule has 120 valence electrons. The molecular weight excluding hydrogens is 298 g/mol. The summed E-state index contributed by atoms with van der Waals surface area (Å²) in [6.07, 6.45) is 2.51. The van der Waals surface area contributed by atoms with Gasteiger partial charge in [0.1, 0.15) is 5.75 Å². The Bertz CT molecular complexity index is 669. The zero-order valence-corrected chi connectivity index (χ0v) is 12.6. The first-order chi connectivity index (χ1) is 11.1. The molecule has 7 heteroatoms. The van der Waals surface area contributed by atoms with E-state index in [1.807, 2.05) is 6.92 Å². The number of likely N-dealkylation sites (N-methyl/N-ethyl adjacent to an activating group) is 1. The molecule has 2 N–H and O–H groups in total. The van der Waals surface area contributed by atoms with Crippen LogP contribution in [0, 0.1) is 5.21 Å². The summed E-state index contributed by atoms with van der Waals surface area (Å²) in [5, 5.41) is 16.3. The zero-order valence-electron chi connectivity index (χ0n) is 12.6. The van der Waals surface area contributed by atoms with Crippen LogP contribution < -0.4 is 20.1 Å². The van der Waals surface area contributed by atoms with Crippen LogP contribution in [0.15, 0.2) is 48.8 Å². The number of pyridine rings is 1. The second kappa shape index (κ2) is 7.79. The monoisotopic (exact) mass is 315 g/mol. The summed E-state index contributed by atoms with van der Waals surface area (Å²) >= 11 is 0. The van der Waals surface area contributed by atoms with Crippen molar-refractivity contribution in [1.29, 1.82) is 0 Å². The van der Waals surface area contributed by atoms with Crippen molar-refractivity contribution >= 4 is 17.5 Å². The largest absolute Gasteiger partial charge is 0.619 e. The van der Waals surface area contributed by atoms with Crippen LogP contribution in [0.1, 0.15) is 17.3 Å². The fourth-order valence-electron chi connectivity index (χ4n) is 1.80. The summed E-state index contributed by atoms with van der Waals surface area (Å²) in [6.45, 7) is 2.33. The fourth-order valence-corrected chi connectivity index (χ4v) is 1.80. The van der Waals surface area contributed by atoms with E-state index in [0.29, 0.717) is 28.3 Å². The SMILES string of the molecule is CCNC(=O)COc1ccc(NC(=O)c2cc[n+]([O-])cc2)cc1. The molecule has 0 radical (unpaired) electrons. The van der Waals surface area contributed by atoms with Gasteiger partial charge >= 0.3 is 0 Å². The average molecular weight is 315 g/mol. The number of carbonyl (C=O) groups excluding carboxylic acids is 2. The van der Waals surface area contributed by atoms with Gasteiger partial charge in [0.2, 0.25) is 0 Å². The summed E-state index contributed by atoms with van der Waals surface area (Å²) in [4.78, 5) is 23.3. The normalized spacial score (nSPS) is 9.96. The summed E-state index contributed by atoms with van der Waals surface area (Å²) in [6, 6.07) is 9.53. The van der Waals surface area contributed by atoms with Gasteiger partial charge in [0.15, 0.2) is 19.0 Å². The smallest absolute Gasteiger partial charge is 0.257 e. The molecule has 0 saturated heterocycles. The van der Waals surface area contributed by atoms with Crippen molar-refractivity contribution in [3.05, 3.63) is 59.6 Å². The van der Waals surface area contributed by atoms with Gasteiger partial charge in [-0.3, -0.25) is 9.59 Å². The highest BCUT2D eigenvalue weighted by molar-refractivity contribution is 6.04. The summed E-state index contributed by atoms with van der Waals surface area (Å²) in [5.41, 5.74) is 0.966. The van der Waals surface area contributed by atoms with Gasteiger partial charge in [-0.25, -0.2) is 0 Å². The van der Waals surface area contributed by atoms with Crippen LogP contribution in [-0.4, -0.2) is 25.0 Å². The van der Waals surface area contributed by atoms with E-state index in [4.69, 9.17) is 4.74 Å². The number of nitrogens with one attached hydrogen (secondary N) is 2. The van der Waals surface area contributed by atoms with Gasteiger partial charge < -0.3 is 20.6 Å². The zero-order chi connectivity index (χ0) is 16.7. The van der Waals surface area contributed by atoms with E-state index in [0.717, 1.165) is 0 Å². The Morgan fingerprint density at radius 1 is 1.13 bits per heavy atom. The van der Waals surface area contributed by atoms with Crippen LogP contribution in [0.5, 0.6) is 5.75 Å². The Kier molecular flexibility index (Phi) is 5.51. The first-order valence-corrected chi connectivity index (χ1v) is 7.08. The van der Waals surface area contributed by atoms with E-state index < -0.39 is 0 Å². The van der Waals surface area contributed by atoms with Gasteiger partial charge in [0.05, 0.1) is 5.56 Å². The highest BCUT2D eigenvalue weighted by atomic mass is 16.5. The number of anilines is 1. The van der Waals surface area contributed by atoms with Crippen LogP contribution in [-0.2, 0) is 4.79 Å². The van der Waals surface area contributed by atoms with Crippen LogP contribution in [0.2, 0.25) is 0 Å². The van der Waals surface area contributed by atoms with E-state index >= 15 is 0 Å². The molecule has 1 aromatic carbocycles.